The Bertz CT molecular complexity index is 865. The average Bonchev–Trinajstić information content (AvgIpc) is 3.25. The van der Waals surface area contributed by atoms with E-state index >= 15 is 0 Å². The van der Waals surface area contributed by atoms with Crippen LogP contribution in [-0.4, -0.2) is 41.9 Å². The van der Waals surface area contributed by atoms with Crippen LogP contribution in [0.5, 0.6) is 11.5 Å². The molecule has 2 amide bonds. The third kappa shape index (κ3) is 5.39. The van der Waals surface area contributed by atoms with E-state index in [1.165, 1.54) is 12.8 Å². The summed E-state index contributed by atoms with van der Waals surface area (Å²) in [5.41, 5.74) is 1.05. The molecule has 2 aromatic rings. The lowest BCUT2D eigenvalue weighted by atomic mass is 10.1. The standard InChI is InChI=1S/C24H29N3O3/c28-23(26-19-8-4-5-9-19)16-22-24(29)25-13-14-27(22)17-18-7-6-12-21(15-18)30-20-10-2-1-3-11-20/h1-3,6-7,10-12,15,19,22H,4-5,8-9,13-14,16-17H2,(H,25,29)(H,26,28). The first-order chi connectivity index (χ1) is 14.7. The molecule has 6 nitrogen and oxygen atoms in total. The topological polar surface area (TPSA) is 70.7 Å². The lowest BCUT2D eigenvalue weighted by molar-refractivity contribution is -0.134. The summed E-state index contributed by atoms with van der Waals surface area (Å²) in [5, 5.41) is 6.01. The maximum absolute atomic E-state index is 12.5. The van der Waals surface area contributed by atoms with E-state index in [-0.39, 0.29) is 24.3 Å². The van der Waals surface area contributed by atoms with Gasteiger partial charge in [0, 0.05) is 25.7 Å². The van der Waals surface area contributed by atoms with Gasteiger partial charge in [-0.15, -0.1) is 0 Å². The van der Waals surface area contributed by atoms with Crippen LogP contribution in [0, 0.1) is 0 Å². The number of carbonyl (C=O) groups excluding carboxylic acids is 2. The third-order valence-electron chi connectivity index (χ3n) is 5.80. The van der Waals surface area contributed by atoms with Crippen LogP contribution in [0.3, 0.4) is 0 Å². The Hall–Kier alpha value is -2.86. The van der Waals surface area contributed by atoms with Gasteiger partial charge in [0.1, 0.15) is 11.5 Å². The molecule has 6 heteroatoms. The first-order valence-electron chi connectivity index (χ1n) is 10.8. The van der Waals surface area contributed by atoms with Gasteiger partial charge < -0.3 is 15.4 Å². The molecule has 2 aromatic carbocycles. The van der Waals surface area contributed by atoms with Crippen LogP contribution in [-0.2, 0) is 16.1 Å². The normalized spacial score (nSPS) is 20.0. The maximum atomic E-state index is 12.5. The molecule has 30 heavy (non-hydrogen) atoms. The maximum Gasteiger partial charge on any atom is 0.237 e. The summed E-state index contributed by atoms with van der Waals surface area (Å²) in [6.45, 7) is 1.91. The fraction of sp³-hybridized carbons (Fsp3) is 0.417. The number of para-hydroxylation sites is 1. The number of ether oxygens (including phenoxy) is 1. The molecule has 158 valence electrons. The van der Waals surface area contributed by atoms with Gasteiger partial charge in [-0.2, -0.15) is 0 Å². The molecule has 0 radical (unpaired) electrons. The zero-order valence-corrected chi connectivity index (χ0v) is 17.2. The molecular formula is C24H29N3O3. The van der Waals surface area contributed by atoms with E-state index in [0.29, 0.717) is 13.1 Å². The molecular weight excluding hydrogens is 378 g/mol. The Morgan fingerprint density at radius 1 is 1.07 bits per heavy atom. The predicted molar refractivity (Wildman–Crippen MR) is 115 cm³/mol. The Balaban J connectivity index is 1.40. The van der Waals surface area contributed by atoms with Gasteiger partial charge in [0.25, 0.3) is 0 Å². The molecule has 1 saturated heterocycles. The van der Waals surface area contributed by atoms with Gasteiger partial charge in [-0.1, -0.05) is 43.2 Å². The highest BCUT2D eigenvalue weighted by molar-refractivity contribution is 5.88. The van der Waals surface area contributed by atoms with Gasteiger partial charge in [-0.05, 0) is 42.7 Å². The highest BCUT2D eigenvalue weighted by Gasteiger charge is 2.32. The van der Waals surface area contributed by atoms with Crippen molar-refractivity contribution in [2.45, 2.75) is 50.7 Å². The zero-order chi connectivity index (χ0) is 20.8. The Morgan fingerprint density at radius 3 is 2.63 bits per heavy atom. The van der Waals surface area contributed by atoms with E-state index in [1.54, 1.807) is 0 Å². The molecule has 2 N–H and O–H groups in total. The first-order valence-corrected chi connectivity index (χ1v) is 10.8. The number of rotatable bonds is 7. The lowest BCUT2D eigenvalue weighted by Gasteiger charge is -2.35. The summed E-state index contributed by atoms with van der Waals surface area (Å²) < 4.78 is 5.93. The van der Waals surface area contributed by atoms with Crippen molar-refractivity contribution in [1.29, 1.82) is 0 Å². The molecule has 2 aliphatic rings. The van der Waals surface area contributed by atoms with Crippen molar-refractivity contribution in [1.82, 2.24) is 15.5 Å². The molecule has 0 spiro atoms. The second-order valence-corrected chi connectivity index (χ2v) is 8.09. The van der Waals surface area contributed by atoms with Crippen molar-refractivity contribution in [3.63, 3.8) is 0 Å². The van der Waals surface area contributed by atoms with E-state index < -0.39 is 6.04 Å². The molecule has 4 rings (SSSR count). The van der Waals surface area contributed by atoms with Crippen LogP contribution >= 0.6 is 0 Å². The molecule has 1 saturated carbocycles. The van der Waals surface area contributed by atoms with E-state index in [4.69, 9.17) is 4.74 Å². The molecule has 1 aliphatic carbocycles. The second kappa shape index (κ2) is 9.76. The van der Waals surface area contributed by atoms with Crippen molar-refractivity contribution in [2.24, 2.45) is 0 Å². The first kappa shape index (κ1) is 20.4. The molecule has 0 aromatic heterocycles. The number of hydrogen-bond acceptors (Lipinski definition) is 4. The van der Waals surface area contributed by atoms with Gasteiger partial charge in [-0.3, -0.25) is 14.5 Å². The van der Waals surface area contributed by atoms with E-state index in [1.807, 2.05) is 54.6 Å². The van der Waals surface area contributed by atoms with Crippen LogP contribution in [0.15, 0.2) is 54.6 Å². The van der Waals surface area contributed by atoms with Crippen molar-refractivity contribution >= 4 is 11.8 Å². The second-order valence-electron chi connectivity index (χ2n) is 8.09. The zero-order valence-electron chi connectivity index (χ0n) is 17.2. The van der Waals surface area contributed by atoms with Gasteiger partial charge in [-0.25, -0.2) is 0 Å². The van der Waals surface area contributed by atoms with Crippen LogP contribution in [0.4, 0.5) is 0 Å². The van der Waals surface area contributed by atoms with Crippen molar-refractivity contribution < 1.29 is 14.3 Å². The fourth-order valence-electron chi connectivity index (χ4n) is 4.27. The Morgan fingerprint density at radius 2 is 1.83 bits per heavy atom. The smallest absolute Gasteiger partial charge is 0.237 e. The van der Waals surface area contributed by atoms with Gasteiger partial charge in [0.2, 0.25) is 11.8 Å². The quantitative estimate of drug-likeness (QED) is 0.739. The highest BCUT2D eigenvalue weighted by Crippen LogP contribution is 2.24. The minimum absolute atomic E-state index is 0.0323. The molecule has 0 bridgehead atoms. The van der Waals surface area contributed by atoms with E-state index in [9.17, 15) is 9.59 Å². The molecule has 1 aliphatic heterocycles. The molecule has 1 heterocycles. The van der Waals surface area contributed by atoms with Gasteiger partial charge >= 0.3 is 0 Å². The summed E-state index contributed by atoms with van der Waals surface area (Å²) in [6.07, 6.45) is 4.62. The number of nitrogens with one attached hydrogen (secondary N) is 2. The summed E-state index contributed by atoms with van der Waals surface area (Å²) in [7, 11) is 0. The van der Waals surface area contributed by atoms with Crippen molar-refractivity contribution in [3.8, 4) is 11.5 Å². The van der Waals surface area contributed by atoms with Crippen LogP contribution in [0.25, 0.3) is 0 Å². The van der Waals surface area contributed by atoms with Crippen LogP contribution in [0.1, 0.15) is 37.7 Å². The number of hydrogen-bond donors (Lipinski definition) is 2. The number of piperazine rings is 1. The summed E-state index contributed by atoms with van der Waals surface area (Å²) in [6, 6.07) is 17.4. The molecule has 1 unspecified atom stereocenters. The van der Waals surface area contributed by atoms with Crippen LogP contribution < -0.4 is 15.4 Å². The largest absolute Gasteiger partial charge is 0.457 e. The third-order valence-corrected chi connectivity index (χ3v) is 5.80. The van der Waals surface area contributed by atoms with Crippen LogP contribution in [0.2, 0.25) is 0 Å². The minimum atomic E-state index is -0.446. The monoisotopic (exact) mass is 407 g/mol. The Labute approximate surface area is 177 Å². The average molecular weight is 408 g/mol. The number of nitrogens with zero attached hydrogens (tertiary/aromatic N) is 1. The number of benzene rings is 2. The van der Waals surface area contributed by atoms with E-state index in [0.717, 1.165) is 36.4 Å². The minimum Gasteiger partial charge on any atom is -0.457 e. The molecule has 2 fully saturated rings. The summed E-state index contributed by atoms with van der Waals surface area (Å²) in [4.78, 5) is 27.1. The number of amides is 2. The number of carbonyl (C=O) groups is 2. The summed E-state index contributed by atoms with van der Waals surface area (Å²) >= 11 is 0. The van der Waals surface area contributed by atoms with Gasteiger partial charge in [0.05, 0.1) is 12.5 Å². The van der Waals surface area contributed by atoms with Crippen molar-refractivity contribution in [3.05, 3.63) is 60.2 Å². The predicted octanol–water partition coefficient (Wildman–Crippen LogP) is 3.23. The molecule has 1 atom stereocenters. The van der Waals surface area contributed by atoms with E-state index in [2.05, 4.69) is 15.5 Å². The SMILES string of the molecule is O=C(CC1C(=O)NCCN1Cc1cccc(Oc2ccccc2)c1)NC1CCCC1. The summed E-state index contributed by atoms with van der Waals surface area (Å²) in [5.74, 6) is 1.44. The Kier molecular flexibility index (Phi) is 6.64. The highest BCUT2D eigenvalue weighted by atomic mass is 16.5. The fourth-order valence-corrected chi connectivity index (χ4v) is 4.27. The lowest BCUT2D eigenvalue weighted by Crippen LogP contribution is -2.56. The van der Waals surface area contributed by atoms with Gasteiger partial charge in [0.15, 0.2) is 0 Å². The van der Waals surface area contributed by atoms with Crippen molar-refractivity contribution in [2.75, 3.05) is 13.1 Å².